The van der Waals surface area contributed by atoms with Crippen LogP contribution >= 0.6 is 0 Å². The van der Waals surface area contributed by atoms with E-state index in [4.69, 9.17) is 14.2 Å². The van der Waals surface area contributed by atoms with Crippen LogP contribution in [0.25, 0.3) is 0 Å². The molecule has 1 aliphatic rings. The van der Waals surface area contributed by atoms with E-state index in [1.165, 1.54) is 30.5 Å². The van der Waals surface area contributed by atoms with Gasteiger partial charge in [-0.3, -0.25) is 4.79 Å². The second-order valence-corrected chi connectivity index (χ2v) is 8.36. The third-order valence-corrected chi connectivity index (χ3v) is 6.36. The maximum Gasteiger partial charge on any atom is 0.247 e. The van der Waals surface area contributed by atoms with Crippen LogP contribution in [0.5, 0.6) is 17.2 Å². The van der Waals surface area contributed by atoms with Crippen LogP contribution in [0.2, 0.25) is 0 Å². The fourth-order valence-electron chi connectivity index (χ4n) is 3.05. The second-order valence-electron chi connectivity index (χ2n) is 6.46. The Morgan fingerprint density at radius 1 is 1.14 bits per heavy atom. The molecule has 0 saturated heterocycles. The van der Waals surface area contributed by atoms with Gasteiger partial charge in [0.05, 0.1) is 7.11 Å². The lowest BCUT2D eigenvalue weighted by Crippen LogP contribution is -2.31. The van der Waals surface area contributed by atoms with Crippen LogP contribution in [0.4, 0.5) is 5.69 Å². The molecule has 0 atom stereocenters. The number of sulfonamides is 1. The highest BCUT2D eigenvalue weighted by Crippen LogP contribution is 2.33. The molecule has 0 saturated carbocycles. The molecule has 1 N–H and O–H groups in total. The molecule has 156 valence electrons. The maximum atomic E-state index is 13.4. The summed E-state index contributed by atoms with van der Waals surface area (Å²) in [6.07, 6.45) is 0. The van der Waals surface area contributed by atoms with Crippen molar-refractivity contribution in [1.82, 2.24) is 4.31 Å². The number of methoxy groups -OCH3 is 1. The van der Waals surface area contributed by atoms with Gasteiger partial charge in [0, 0.05) is 25.7 Å². The number of fused-ring (bicyclic) bond motifs is 1. The normalized spacial score (nSPS) is 13.2. The Kier molecular flexibility index (Phi) is 6.29. The highest BCUT2D eigenvalue weighted by Gasteiger charge is 2.28. The summed E-state index contributed by atoms with van der Waals surface area (Å²) in [6, 6.07) is 9.91. The lowest BCUT2D eigenvalue weighted by molar-refractivity contribution is -0.114. The summed E-state index contributed by atoms with van der Waals surface area (Å²) in [7, 11) is -2.48. The Bertz CT molecular complexity index is 1010. The number of carbonyl (C=O) groups excluding carboxylic acids is 1. The van der Waals surface area contributed by atoms with E-state index in [1.54, 1.807) is 25.1 Å². The number of ether oxygens (including phenoxy) is 3. The number of carbonyl (C=O) groups is 1. The first-order valence-electron chi connectivity index (χ1n) is 9.19. The molecule has 1 amide bonds. The van der Waals surface area contributed by atoms with Crippen LogP contribution in [0, 0.1) is 0 Å². The van der Waals surface area contributed by atoms with Crippen molar-refractivity contribution in [1.29, 1.82) is 0 Å². The number of anilines is 1. The van der Waals surface area contributed by atoms with Crippen molar-refractivity contribution in [3.8, 4) is 17.2 Å². The Morgan fingerprint density at radius 3 is 2.52 bits per heavy atom. The van der Waals surface area contributed by atoms with Gasteiger partial charge in [0.1, 0.15) is 23.9 Å². The number of nitrogens with zero attached hydrogens (tertiary/aromatic N) is 1. The maximum absolute atomic E-state index is 13.4. The Hall–Kier alpha value is -2.78. The molecule has 0 radical (unpaired) electrons. The lowest BCUT2D eigenvalue weighted by atomic mass is 10.2. The third kappa shape index (κ3) is 4.63. The van der Waals surface area contributed by atoms with Crippen molar-refractivity contribution >= 4 is 21.6 Å². The fraction of sp³-hybridized carbons (Fsp3) is 0.350. The fourth-order valence-corrected chi connectivity index (χ4v) is 4.67. The minimum Gasteiger partial charge on any atom is -0.495 e. The van der Waals surface area contributed by atoms with E-state index in [0.717, 1.165) is 5.56 Å². The zero-order valence-corrected chi connectivity index (χ0v) is 17.4. The molecule has 8 nitrogen and oxygen atoms in total. The molecule has 2 aromatic rings. The lowest BCUT2D eigenvalue weighted by Gasteiger charge is -2.24. The molecule has 0 fully saturated rings. The number of benzene rings is 2. The van der Waals surface area contributed by atoms with Gasteiger partial charge in [-0.05, 0) is 35.9 Å². The first-order valence-corrected chi connectivity index (χ1v) is 10.6. The molecule has 2 aromatic carbocycles. The van der Waals surface area contributed by atoms with Crippen LogP contribution in [0.3, 0.4) is 0 Å². The standard InChI is InChI=1S/C20H24N2O6S/c1-4-22(13-15-5-7-17-19(11-15)28-10-9-27-17)29(24,25)20-12-16(21-14(2)23)6-8-18(20)26-3/h5-8,11-12H,4,9-10,13H2,1-3H3,(H,21,23). The first-order chi connectivity index (χ1) is 13.8. The molecule has 1 heterocycles. The van der Waals surface area contributed by atoms with E-state index in [9.17, 15) is 13.2 Å². The SMILES string of the molecule is CCN(Cc1ccc2c(c1)OCCO2)S(=O)(=O)c1cc(NC(C)=O)ccc1OC. The van der Waals surface area contributed by atoms with E-state index >= 15 is 0 Å². The van der Waals surface area contributed by atoms with Crippen molar-refractivity contribution in [3.63, 3.8) is 0 Å². The van der Waals surface area contributed by atoms with Gasteiger partial charge in [-0.15, -0.1) is 0 Å². The Labute approximate surface area is 170 Å². The number of hydrogen-bond acceptors (Lipinski definition) is 6. The number of hydrogen-bond donors (Lipinski definition) is 1. The van der Waals surface area contributed by atoms with Crippen molar-refractivity contribution in [2.24, 2.45) is 0 Å². The average Bonchev–Trinajstić information content (AvgIpc) is 2.71. The van der Waals surface area contributed by atoms with Crippen LogP contribution in [0.15, 0.2) is 41.3 Å². The van der Waals surface area contributed by atoms with Crippen molar-refractivity contribution in [3.05, 3.63) is 42.0 Å². The minimum atomic E-state index is -3.89. The average molecular weight is 420 g/mol. The van der Waals surface area contributed by atoms with Crippen molar-refractivity contribution in [2.75, 3.05) is 32.2 Å². The molecule has 0 bridgehead atoms. The number of rotatable bonds is 7. The molecule has 29 heavy (non-hydrogen) atoms. The van der Waals surface area contributed by atoms with Crippen molar-refractivity contribution in [2.45, 2.75) is 25.3 Å². The number of nitrogens with one attached hydrogen (secondary N) is 1. The zero-order valence-electron chi connectivity index (χ0n) is 16.6. The summed E-state index contributed by atoms with van der Waals surface area (Å²) in [6.45, 7) is 4.48. The quantitative estimate of drug-likeness (QED) is 0.740. The van der Waals surface area contributed by atoms with E-state index in [0.29, 0.717) is 30.4 Å². The van der Waals surface area contributed by atoms with Crippen LogP contribution in [-0.4, -0.2) is 45.5 Å². The Balaban J connectivity index is 1.93. The third-order valence-electron chi connectivity index (χ3n) is 4.42. The van der Waals surface area contributed by atoms with E-state index in [1.807, 2.05) is 6.07 Å². The smallest absolute Gasteiger partial charge is 0.247 e. The van der Waals surface area contributed by atoms with Gasteiger partial charge < -0.3 is 19.5 Å². The highest BCUT2D eigenvalue weighted by molar-refractivity contribution is 7.89. The van der Waals surface area contributed by atoms with Crippen LogP contribution < -0.4 is 19.5 Å². The highest BCUT2D eigenvalue weighted by atomic mass is 32.2. The summed E-state index contributed by atoms with van der Waals surface area (Å²) >= 11 is 0. The number of amides is 1. The van der Waals surface area contributed by atoms with Gasteiger partial charge in [0.15, 0.2) is 11.5 Å². The summed E-state index contributed by atoms with van der Waals surface area (Å²) in [4.78, 5) is 11.3. The predicted molar refractivity (Wildman–Crippen MR) is 108 cm³/mol. The van der Waals surface area contributed by atoms with E-state index < -0.39 is 10.0 Å². The summed E-state index contributed by atoms with van der Waals surface area (Å²) < 4.78 is 44.4. The van der Waals surface area contributed by atoms with Gasteiger partial charge in [-0.1, -0.05) is 13.0 Å². The van der Waals surface area contributed by atoms with Crippen molar-refractivity contribution < 1.29 is 27.4 Å². The van der Waals surface area contributed by atoms with Gasteiger partial charge in [-0.25, -0.2) is 8.42 Å². The zero-order chi connectivity index (χ0) is 21.0. The van der Waals surface area contributed by atoms with Gasteiger partial charge in [-0.2, -0.15) is 4.31 Å². The van der Waals surface area contributed by atoms with Gasteiger partial charge >= 0.3 is 0 Å². The summed E-state index contributed by atoms with van der Waals surface area (Å²) in [5.74, 6) is 1.17. The molecule has 0 aromatic heterocycles. The Morgan fingerprint density at radius 2 is 1.86 bits per heavy atom. The van der Waals surface area contributed by atoms with E-state index in [-0.39, 0.29) is 29.6 Å². The largest absolute Gasteiger partial charge is 0.495 e. The monoisotopic (exact) mass is 420 g/mol. The summed E-state index contributed by atoms with van der Waals surface area (Å²) in [5, 5.41) is 2.60. The molecule has 9 heteroatoms. The predicted octanol–water partition coefficient (Wildman–Crippen LogP) is 2.64. The van der Waals surface area contributed by atoms with Crippen LogP contribution in [0.1, 0.15) is 19.4 Å². The van der Waals surface area contributed by atoms with Gasteiger partial charge in [0.25, 0.3) is 0 Å². The first kappa shape index (κ1) is 20.9. The molecular formula is C20H24N2O6S. The molecular weight excluding hydrogens is 396 g/mol. The topological polar surface area (TPSA) is 94.2 Å². The molecule has 0 unspecified atom stereocenters. The summed E-state index contributed by atoms with van der Waals surface area (Å²) in [5.41, 5.74) is 1.16. The second kappa shape index (κ2) is 8.71. The molecule has 0 spiro atoms. The van der Waals surface area contributed by atoms with E-state index in [2.05, 4.69) is 5.32 Å². The molecule has 3 rings (SSSR count). The van der Waals surface area contributed by atoms with Gasteiger partial charge in [0.2, 0.25) is 15.9 Å². The molecule has 1 aliphatic heterocycles. The van der Waals surface area contributed by atoms with Crippen LogP contribution in [-0.2, 0) is 21.4 Å². The minimum absolute atomic E-state index is 0.00866. The molecule has 0 aliphatic carbocycles.